The van der Waals surface area contributed by atoms with Crippen LogP contribution in [-0.4, -0.2) is 31.1 Å². The Bertz CT molecular complexity index is 1040. The maximum absolute atomic E-state index is 12.9. The van der Waals surface area contributed by atoms with Crippen molar-refractivity contribution in [3.63, 3.8) is 0 Å². The first-order valence-electron chi connectivity index (χ1n) is 8.76. The molecule has 0 aliphatic rings. The molecule has 0 bridgehead atoms. The summed E-state index contributed by atoms with van der Waals surface area (Å²) in [7, 11) is 3.04. The first kappa shape index (κ1) is 21.1. The zero-order valence-electron chi connectivity index (χ0n) is 16.2. The molecule has 1 aromatic heterocycles. The van der Waals surface area contributed by atoms with E-state index in [-0.39, 0.29) is 12.3 Å². The number of nitrogens with one attached hydrogen (secondary N) is 3. The number of anilines is 3. The summed E-state index contributed by atoms with van der Waals surface area (Å²) in [6, 6.07) is 9.92. The fourth-order valence-corrected chi connectivity index (χ4v) is 3.20. The number of nitrogens with zero attached hydrogens (tertiary/aromatic N) is 1. The van der Waals surface area contributed by atoms with Crippen LogP contribution < -0.4 is 25.4 Å². The molecule has 10 heteroatoms. The monoisotopic (exact) mass is 430 g/mol. The van der Waals surface area contributed by atoms with E-state index in [9.17, 15) is 14.0 Å². The van der Waals surface area contributed by atoms with E-state index in [0.29, 0.717) is 33.7 Å². The molecule has 3 amide bonds. The van der Waals surface area contributed by atoms with Gasteiger partial charge in [0.15, 0.2) is 5.13 Å². The molecule has 0 radical (unpaired) electrons. The molecule has 0 fully saturated rings. The minimum atomic E-state index is -0.519. The Hall–Kier alpha value is -3.66. The summed E-state index contributed by atoms with van der Waals surface area (Å²) in [6.45, 7) is 0. The summed E-state index contributed by atoms with van der Waals surface area (Å²) in [6.07, 6.45) is 0.0208. The lowest BCUT2D eigenvalue weighted by Crippen LogP contribution is -2.19. The molecule has 0 aliphatic carbocycles. The third kappa shape index (κ3) is 5.67. The topological polar surface area (TPSA) is 102 Å². The minimum absolute atomic E-state index is 0.0208. The number of benzene rings is 2. The smallest absolute Gasteiger partial charge is 0.325 e. The summed E-state index contributed by atoms with van der Waals surface area (Å²) >= 11 is 1.19. The van der Waals surface area contributed by atoms with E-state index in [4.69, 9.17) is 9.47 Å². The molecule has 3 N–H and O–H groups in total. The van der Waals surface area contributed by atoms with E-state index < -0.39 is 11.8 Å². The maximum Gasteiger partial charge on any atom is 0.325 e. The third-order valence-electron chi connectivity index (χ3n) is 3.90. The Morgan fingerprint density at radius 3 is 2.50 bits per heavy atom. The highest BCUT2D eigenvalue weighted by molar-refractivity contribution is 7.14. The summed E-state index contributed by atoms with van der Waals surface area (Å²) < 4.78 is 23.3. The van der Waals surface area contributed by atoms with Gasteiger partial charge in [0.2, 0.25) is 5.91 Å². The van der Waals surface area contributed by atoms with Crippen LogP contribution >= 0.6 is 11.3 Å². The van der Waals surface area contributed by atoms with Crippen LogP contribution in [-0.2, 0) is 11.2 Å². The quantitative estimate of drug-likeness (QED) is 0.523. The molecule has 156 valence electrons. The summed E-state index contributed by atoms with van der Waals surface area (Å²) in [4.78, 5) is 28.6. The Morgan fingerprint density at radius 1 is 1.03 bits per heavy atom. The highest BCUT2D eigenvalue weighted by Crippen LogP contribution is 2.29. The van der Waals surface area contributed by atoms with Crippen molar-refractivity contribution in [2.24, 2.45) is 0 Å². The van der Waals surface area contributed by atoms with Crippen molar-refractivity contribution in [3.05, 3.63) is 59.4 Å². The Morgan fingerprint density at radius 2 is 1.80 bits per heavy atom. The molecule has 0 unspecified atom stereocenters. The predicted molar refractivity (Wildman–Crippen MR) is 113 cm³/mol. The fourth-order valence-electron chi connectivity index (χ4n) is 2.50. The van der Waals surface area contributed by atoms with Crippen LogP contribution in [0.5, 0.6) is 11.5 Å². The third-order valence-corrected chi connectivity index (χ3v) is 4.71. The number of methoxy groups -OCH3 is 2. The van der Waals surface area contributed by atoms with Crippen LogP contribution in [0, 0.1) is 5.82 Å². The Labute approximate surface area is 176 Å². The maximum atomic E-state index is 12.9. The van der Waals surface area contributed by atoms with E-state index in [1.807, 2.05) is 0 Å². The van der Waals surface area contributed by atoms with Crippen molar-refractivity contribution < 1.29 is 23.5 Å². The largest absolute Gasteiger partial charge is 0.497 e. The SMILES string of the molecule is COc1ccc(NC(=O)Cc2csc(NC(=O)Nc3ccc(F)cc3)n2)c(OC)c1. The molecule has 1 heterocycles. The average Bonchev–Trinajstić information content (AvgIpc) is 3.16. The van der Waals surface area contributed by atoms with Gasteiger partial charge in [-0.2, -0.15) is 0 Å². The minimum Gasteiger partial charge on any atom is -0.497 e. The van der Waals surface area contributed by atoms with Crippen LogP contribution in [0.1, 0.15) is 5.69 Å². The average molecular weight is 430 g/mol. The molecule has 2 aromatic carbocycles. The van der Waals surface area contributed by atoms with Gasteiger partial charge in [0.1, 0.15) is 17.3 Å². The van der Waals surface area contributed by atoms with Crippen molar-refractivity contribution in [1.29, 1.82) is 0 Å². The van der Waals surface area contributed by atoms with Crippen molar-refractivity contribution in [2.75, 3.05) is 30.2 Å². The number of aromatic nitrogens is 1. The Balaban J connectivity index is 1.55. The van der Waals surface area contributed by atoms with E-state index in [2.05, 4.69) is 20.9 Å². The van der Waals surface area contributed by atoms with Gasteiger partial charge < -0.3 is 20.1 Å². The van der Waals surface area contributed by atoms with Crippen molar-refractivity contribution >= 4 is 39.8 Å². The number of ether oxygens (including phenoxy) is 2. The van der Waals surface area contributed by atoms with Crippen LogP contribution in [0.2, 0.25) is 0 Å². The highest BCUT2D eigenvalue weighted by Gasteiger charge is 2.13. The van der Waals surface area contributed by atoms with E-state index in [0.717, 1.165) is 0 Å². The van der Waals surface area contributed by atoms with E-state index in [1.54, 1.807) is 30.7 Å². The molecule has 0 aliphatic heterocycles. The van der Waals surface area contributed by atoms with Crippen LogP contribution in [0.25, 0.3) is 0 Å². The van der Waals surface area contributed by atoms with Gasteiger partial charge in [0.25, 0.3) is 0 Å². The fraction of sp³-hybridized carbons (Fsp3) is 0.150. The molecule has 0 saturated heterocycles. The number of carbonyl (C=O) groups is 2. The van der Waals surface area contributed by atoms with Crippen molar-refractivity contribution in [3.8, 4) is 11.5 Å². The van der Waals surface area contributed by atoms with Gasteiger partial charge >= 0.3 is 6.03 Å². The second-order valence-electron chi connectivity index (χ2n) is 6.02. The highest BCUT2D eigenvalue weighted by atomic mass is 32.1. The summed E-state index contributed by atoms with van der Waals surface area (Å²) in [5.41, 5.74) is 1.45. The van der Waals surface area contributed by atoms with Crippen molar-refractivity contribution in [2.45, 2.75) is 6.42 Å². The lowest BCUT2D eigenvalue weighted by molar-refractivity contribution is -0.115. The standard InChI is InChI=1S/C20H19FN4O4S/c1-28-15-7-8-16(17(10-15)29-2)24-18(26)9-14-11-30-20(23-14)25-19(27)22-13-5-3-12(21)4-6-13/h3-8,10-11H,9H2,1-2H3,(H,24,26)(H2,22,23,25,27). The lowest BCUT2D eigenvalue weighted by atomic mass is 10.2. The second-order valence-corrected chi connectivity index (χ2v) is 6.88. The van der Waals surface area contributed by atoms with Crippen molar-refractivity contribution in [1.82, 2.24) is 4.98 Å². The number of hydrogen-bond donors (Lipinski definition) is 3. The van der Waals surface area contributed by atoms with Gasteiger partial charge in [0.05, 0.1) is 32.0 Å². The zero-order valence-corrected chi connectivity index (χ0v) is 17.0. The van der Waals surface area contributed by atoms with Crippen LogP contribution in [0.4, 0.5) is 25.7 Å². The lowest BCUT2D eigenvalue weighted by Gasteiger charge is -2.11. The van der Waals surface area contributed by atoms with Crippen LogP contribution in [0.15, 0.2) is 47.8 Å². The molecular weight excluding hydrogens is 411 g/mol. The number of carbonyl (C=O) groups excluding carboxylic acids is 2. The van der Waals surface area contributed by atoms with Gasteiger partial charge in [-0.1, -0.05) is 0 Å². The Kier molecular flexibility index (Phi) is 6.81. The molecule has 3 rings (SSSR count). The summed E-state index contributed by atoms with van der Waals surface area (Å²) in [5.74, 6) is 0.405. The van der Waals surface area contributed by atoms with Gasteiger partial charge in [-0.15, -0.1) is 11.3 Å². The molecule has 30 heavy (non-hydrogen) atoms. The van der Waals surface area contributed by atoms with Gasteiger partial charge in [0, 0.05) is 17.1 Å². The number of halogens is 1. The normalized spacial score (nSPS) is 10.2. The molecule has 3 aromatic rings. The zero-order chi connectivity index (χ0) is 21.5. The molecular formula is C20H19FN4O4S. The molecule has 8 nitrogen and oxygen atoms in total. The predicted octanol–water partition coefficient (Wildman–Crippen LogP) is 4.12. The molecule has 0 atom stereocenters. The molecule has 0 spiro atoms. The van der Waals surface area contributed by atoms with E-state index in [1.165, 1.54) is 42.7 Å². The number of thiazole rings is 1. The summed E-state index contributed by atoms with van der Waals surface area (Å²) in [5, 5.41) is 9.92. The van der Waals surface area contributed by atoms with Crippen LogP contribution in [0.3, 0.4) is 0 Å². The van der Waals surface area contributed by atoms with E-state index >= 15 is 0 Å². The first-order chi connectivity index (χ1) is 14.5. The van der Waals surface area contributed by atoms with Gasteiger partial charge in [-0.05, 0) is 36.4 Å². The van der Waals surface area contributed by atoms with Gasteiger partial charge in [-0.25, -0.2) is 14.2 Å². The number of hydrogen-bond acceptors (Lipinski definition) is 6. The number of amides is 3. The molecule has 0 saturated carbocycles. The second kappa shape index (κ2) is 9.70. The number of rotatable bonds is 7. The van der Waals surface area contributed by atoms with Gasteiger partial charge in [-0.3, -0.25) is 10.1 Å². The number of urea groups is 1. The first-order valence-corrected chi connectivity index (χ1v) is 9.64.